The first kappa shape index (κ1) is 21.3. The van der Waals surface area contributed by atoms with E-state index in [0.29, 0.717) is 12.5 Å². The Balaban J connectivity index is 1.36. The van der Waals surface area contributed by atoms with Gasteiger partial charge in [0.2, 0.25) is 5.91 Å². The molecule has 4 rings (SSSR count). The van der Waals surface area contributed by atoms with Crippen LogP contribution in [0.1, 0.15) is 44.6 Å². The summed E-state index contributed by atoms with van der Waals surface area (Å²) in [5, 5.41) is 6.89. The first-order valence-electron chi connectivity index (χ1n) is 11.6. The maximum atomic E-state index is 12.7. The first-order valence-corrected chi connectivity index (χ1v) is 11.6. The van der Waals surface area contributed by atoms with Crippen LogP contribution < -0.4 is 10.6 Å². The molecule has 1 unspecified atom stereocenters. The maximum absolute atomic E-state index is 12.7. The molecule has 1 aliphatic heterocycles. The molecular formula is C25H33N5O. The Labute approximate surface area is 185 Å². The Hall–Kier alpha value is -2.89. The number of amides is 1. The van der Waals surface area contributed by atoms with Gasteiger partial charge >= 0.3 is 0 Å². The van der Waals surface area contributed by atoms with Gasteiger partial charge in [-0.15, -0.1) is 0 Å². The van der Waals surface area contributed by atoms with E-state index in [1.807, 2.05) is 29.3 Å². The summed E-state index contributed by atoms with van der Waals surface area (Å²) in [7, 11) is 0. The van der Waals surface area contributed by atoms with Crippen molar-refractivity contribution in [3.8, 4) is 11.3 Å². The smallest absolute Gasteiger partial charge is 0.225 e. The number of aliphatic imine (C=N–C) groups is 1. The van der Waals surface area contributed by atoms with Crippen LogP contribution in [0.25, 0.3) is 11.3 Å². The number of likely N-dealkylation sites (tertiary alicyclic amines) is 1. The SMILES string of the molecule is CCNC(=NCc1cccc(-c2ccccn2)c1)NC1CCN(C(=O)C2CCCC2)C1. The summed E-state index contributed by atoms with van der Waals surface area (Å²) >= 11 is 0. The minimum Gasteiger partial charge on any atom is -0.357 e. The Kier molecular flexibility index (Phi) is 7.18. The third-order valence-electron chi connectivity index (χ3n) is 6.20. The molecule has 31 heavy (non-hydrogen) atoms. The predicted molar refractivity (Wildman–Crippen MR) is 125 cm³/mol. The molecule has 0 bridgehead atoms. The van der Waals surface area contributed by atoms with Gasteiger partial charge in [-0.1, -0.05) is 37.1 Å². The number of nitrogens with one attached hydrogen (secondary N) is 2. The Morgan fingerprint density at radius 1 is 1.16 bits per heavy atom. The average Bonchev–Trinajstić information content (AvgIpc) is 3.51. The van der Waals surface area contributed by atoms with E-state index in [1.165, 1.54) is 12.8 Å². The second-order valence-electron chi connectivity index (χ2n) is 8.51. The van der Waals surface area contributed by atoms with Crippen LogP contribution in [0.15, 0.2) is 53.7 Å². The van der Waals surface area contributed by atoms with Crippen LogP contribution in [-0.2, 0) is 11.3 Å². The lowest BCUT2D eigenvalue weighted by Gasteiger charge is -2.21. The highest BCUT2D eigenvalue weighted by atomic mass is 16.2. The number of hydrogen-bond acceptors (Lipinski definition) is 3. The zero-order chi connectivity index (χ0) is 21.5. The lowest BCUT2D eigenvalue weighted by molar-refractivity contribution is -0.134. The second-order valence-corrected chi connectivity index (χ2v) is 8.51. The van der Waals surface area contributed by atoms with Crippen molar-refractivity contribution in [2.24, 2.45) is 10.9 Å². The highest BCUT2D eigenvalue weighted by Gasteiger charge is 2.32. The number of rotatable bonds is 6. The lowest BCUT2D eigenvalue weighted by atomic mass is 10.1. The van der Waals surface area contributed by atoms with Crippen LogP contribution in [0.2, 0.25) is 0 Å². The molecule has 2 heterocycles. The van der Waals surface area contributed by atoms with Gasteiger partial charge in [0.25, 0.3) is 0 Å². The molecule has 6 heteroatoms. The number of carbonyl (C=O) groups is 1. The van der Waals surface area contributed by atoms with Crippen molar-refractivity contribution in [2.45, 2.75) is 51.6 Å². The van der Waals surface area contributed by atoms with Gasteiger partial charge in [0.05, 0.1) is 12.2 Å². The van der Waals surface area contributed by atoms with E-state index in [-0.39, 0.29) is 12.0 Å². The predicted octanol–water partition coefficient (Wildman–Crippen LogP) is 3.59. The van der Waals surface area contributed by atoms with E-state index in [4.69, 9.17) is 4.99 Å². The topological polar surface area (TPSA) is 69.6 Å². The summed E-state index contributed by atoms with van der Waals surface area (Å²) in [6.45, 7) is 5.08. The zero-order valence-corrected chi connectivity index (χ0v) is 18.4. The lowest BCUT2D eigenvalue weighted by Crippen LogP contribution is -2.45. The fraction of sp³-hybridized carbons (Fsp3) is 0.480. The number of hydrogen-bond donors (Lipinski definition) is 2. The highest BCUT2D eigenvalue weighted by Crippen LogP contribution is 2.27. The standard InChI is InChI=1S/C25H33N5O/c1-2-26-25(29-22-13-15-30(18-22)24(31)20-9-3-4-10-20)28-17-19-8-7-11-21(16-19)23-12-5-6-14-27-23/h5-8,11-12,14,16,20,22H,2-4,9-10,13,15,17-18H2,1H3,(H2,26,28,29). The van der Waals surface area contributed by atoms with Crippen molar-refractivity contribution in [3.05, 3.63) is 54.2 Å². The van der Waals surface area contributed by atoms with Crippen LogP contribution in [0.3, 0.4) is 0 Å². The molecule has 0 radical (unpaired) electrons. The molecule has 1 saturated carbocycles. The van der Waals surface area contributed by atoms with Crippen molar-refractivity contribution in [2.75, 3.05) is 19.6 Å². The molecule has 1 atom stereocenters. The van der Waals surface area contributed by atoms with Gasteiger partial charge in [-0.2, -0.15) is 0 Å². The van der Waals surface area contributed by atoms with Gasteiger partial charge in [0.15, 0.2) is 5.96 Å². The fourth-order valence-electron chi connectivity index (χ4n) is 4.56. The minimum atomic E-state index is 0.253. The first-order chi connectivity index (χ1) is 15.2. The Morgan fingerprint density at radius 3 is 2.81 bits per heavy atom. The summed E-state index contributed by atoms with van der Waals surface area (Å²) < 4.78 is 0. The third kappa shape index (κ3) is 5.63. The molecule has 164 valence electrons. The summed E-state index contributed by atoms with van der Waals surface area (Å²) in [6, 6.07) is 14.6. The van der Waals surface area contributed by atoms with E-state index in [9.17, 15) is 4.79 Å². The van der Waals surface area contributed by atoms with Gasteiger partial charge in [-0.3, -0.25) is 9.78 Å². The molecule has 0 spiro atoms. The summed E-state index contributed by atoms with van der Waals surface area (Å²) in [5.74, 6) is 1.42. The van der Waals surface area contributed by atoms with Crippen molar-refractivity contribution < 1.29 is 4.79 Å². The van der Waals surface area contributed by atoms with E-state index in [1.54, 1.807) is 0 Å². The van der Waals surface area contributed by atoms with Crippen molar-refractivity contribution in [3.63, 3.8) is 0 Å². The molecule has 6 nitrogen and oxygen atoms in total. The molecule has 2 aromatic rings. The summed E-state index contributed by atoms with van der Waals surface area (Å²) in [5.41, 5.74) is 3.21. The number of pyridine rings is 1. The van der Waals surface area contributed by atoms with Crippen molar-refractivity contribution in [1.82, 2.24) is 20.5 Å². The molecule has 2 aliphatic rings. The molecule has 1 aliphatic carbocycles. The van der Waals surface area contributed by atoms with Gasteiger partial charge in [-0.05, 0) is 49.9 Å². The molecule has 1 aromatic heterocycles. The van der Waals surface area contributed by atoms with Crippen LogP contribution in [0, 0.1) is 5.92 Å². The Bertz CT molecular complexity index is 892. The zero-order valence-electron chi connectivity index (χ0n) is 18.4. The monoisotopic (exact) mass is 419 g/mol. The van der Waals surface area contributed by atoms with Gasteiger partial charge in [0.1, 0.15) is 0 Å². The number of benzene rings is 1. The Morgan fingerprint density at radius 2 is 2.03 bits per heavy atom. The molecule has 2 fully saturated rings. The van der Waals surface area contributed by atoms with E-state index in [0.717, 1.165) is 61.7 Å². The minimum absolute atomic E-state index is 0.253. The number of guanidine groups is 1. The summed E-state index contributed by atoms with van der Waals surface area (Å²) in [4.78, 5) is 24.0. The quantitative estimate of drug-likeness (QED) is 0.555. The number of nitrogens with zero attached hydrogens (tertiary/aromatic N) is 3. The van der Waals surface area contributed by atoms with Crippen molar-refractivity contribution >= 4 is 11.9 Å². The van der Waals surface area contributed by atoms with Gasteiger partial charge in [-0.25, -0.2) is 4.99 Å². The molecule has 1 amide bonds. The van der Waals surface area contributed by atoms with Crippen molar-refractivity contribution in [1.29, 1.82) is 0 Å². The molecule has 1 aromatic carbocycles. The van der Waals surface area contributed by atoms with Crippen LogP contribution >= 0.6 is 0 Å². The second kappa shape index (κ2) is 10.4. The molecule has 2 N–H and O–H groups in total. The largest absolute Gasteiger partial charge is 0.357 e. The van der Waals surface area contributed by atoms with Crippen LogP contribution in [0.4, 0.5) is 0 Å². The summed E-state index contributed by atoms with van der Waals surface area (Å²) in [6.07, 6.45) is 7.31. The van der Waals surface area contributed by atoms with E-state index in [2.05, 4.69) is 46.8 Å². The number of carbonyl (C=O) groups excluding carboxylic acids is 1. The maximum Gasteiger partial charge on any atom is 0.225 e. The van der Waals surface area contributed by atoms with Gasteiger partial charge in [0, 0.05) is 43.4 Å². The van der Waals surface area contributed by atoms with Crippen LogP contribution in [-0.4, -0.2) is 47.4 Å². The number of aromatic nitrogens is 1. The van der Waals surface area contributed by atoms with Gasteiger partial charge < -0.3 is 15.5 Å². The highest BCUT2D eigenvalue weighted by molar-refractivity contribution is 5.81. The van der Waals surface area contributed by atoms with Crippen LogP contribution in [0.5, 0.6) is 0 Å². The normalized spacial score (nSPS) is 19.6. The van der Waals surface area contributed by atoms with E-state index >= 15 is 0 Å². The average molecular weight is 420 g/mol. The molecule has 1 saturated heterocycles. The van der Waals surface area contributed by atoms with E-state index < -0.39 is 0 Å². The molecular weight excluding hydrogens is 386 g/mol. The third-order valence-corrected chi connectivity index (χ3v) is 6.20. The fourth-order valence-corrected chi connectivity index (χ4v) is 4.56.